The summed E-state index contributed by atoms with van der Waals surface area (Å²) in [4.78, 5) is 18.3. The van der Waals surface area contributed by atoms with E-state index < -0.39 is 13.1 Å². The molecule has 0 saturated carbocycles. The first-order valence-electron chi connectivity index (χ1n) is 7.87. The number of ether oxygens (including phenoxy) is 3. The van der Waals surface area contributed by atoms with Gasteiger partial charge in [0.2, 0.25) is 17.4 Å². The molecule has 0 saturated heterocycles. The van der Waals surface area contributed by atoms with E-state index in [4.69, 9.17) is 20.8 Å². The summed E-state index contributed by atoms with van der Waals surface area (Å²) in [5, 5.41) is 9.70. The van der Waals surface area contributed by atoms with E-state index in [1.54, 1.807) is 30.3 Å². The summed E-state index contributed by atoms with van der Waals surface area (Å²) < 4.78 is 20.0. The first-order valence-corrected chi connectivity index (χ1v) is 7.87. The van der Waals surface area contributed by atoms with Crippen molar-refractivity contribution in [2.45, 2.75) is 13.5 Å². The zero-order chi connectivity index (χ0) is 18.5. The second kappa shape index (κ2) is 10.1. The molecule has 2 heterocycles. The van der Waals surface area contributed by atoms with Crippen LogP contribution in [0.2, 0.25) is 0 Å². The van der Waals surface area contributed by atoms with Crippen LogP contribution in [0, 0.1) is 6.57 Å². The fraction of sp³-hybridized carbons (Fsp3) is 0.235. The van der Waals surface area contributed by atoms with E-state index in [0.29, 0.717) is 12.4 Å². The van der Waals surface area contributed by atoms with E-state index in [1.165, 1.54) is 6.92 Å². The van der Waals surface area contributed by atoms with Gasteiger partial charge in [0.25, 0.3) is 0 Å². The van der Waals surface area contributed by atoms with Crippen LogP contribution >= 0.6 is 0 Å². The number of hydrogen-bond acceptors (Lipinski definition) is 6. The number of benzene rings is 1. The molecule has 1 aromatic heterocycles. The van der Waals surface area contributed by atoms with Gasteiger partial charge in [-0.3, -0.25) is 4.79 Å². The van der Waals surface area contributed by atoms with Gasteiger partial charge in [0.05, 0.1) is 6.57 Å². The molecule has 2 N–H and O–H groups in total. The topological polar surface area (TPSA) is 95.0 Å². The third-order valence-electron chi connectivity index (χ3n) is 3.61. The first-order chi connectivity index (χ1) is 12.6. The molecule has 0 amide bonds. The Bertz CT molecular complexity index is 879. The zero-order valence-electron chi connectivity index (χ0n) is 15.7. The summed E-state index contributed by atoms with van der Waals surface area (Å²) >= 11 is 0. The van der Waals surface area contributed by atoms with Crippen molar-refractivity contribution in [3.8, 4) is 17.5 Å². The molecule has 1 radical (unpaired) electrons. The maximum absolute atomic E-state index is 10.8. The van der Waals surface area contributed by atoms with E-state index in [0.717, 1.165) is 11.0 Å². The van der Waals surface area contributed by atoms with E-state index in [-0.39, 0.29) is 77.6 Å². The van der Waals surface area contributed by atoms with Crippen LogP contribution in [0.4, 0.5) is 5.69 Å². The molecule has 1 aliphatic rings. The van der Waals surface area contributed by atoms with E-state index >= 15 is 0 Å². The maximum atomic E-state index is 10.8. The molecule has 0 atom stereocenters. The Kier molecular flexibility index (Phi) is 8.10. The Morgan fingerprint density at radius 1 is 1.41 bits per heavy atom. The minimum Gasteiger partial charge on any atom is -1.00 e. The van der Waals surface area contributed by atoms with E-state index in [9.17, 15) is 9.82 Å². The van der Waals surface area contributed by atoms with Crippen molar-refractivity contribution in [2.24, 2.45) is 0 Å². The zero-order valence-corrected chi connectivity index (χ0v) is 18.2. The molecule has 1 aliphatic heterocycles. The third kappa shape index (κ3) is 5.68. The minimum atomic E-state index is -0.785. The molecular formula is C17H17BN2O6Sr+. The predicted molar refractivity (Wildman–Crippen MR) is 99.5 cm³/mol. The van der Waals surface area contributed by atoms with Crippen LogP contribution in [-0.2, 0) is 16.1 Å². The quantitative estimate of drug-likeness (QED) is 0.234. The van der Waals surface area contributed by atoms with Crippen molar-refractivity contribution in [1.82, 2.24) is 4.98 Å². The smallest absolute Gasteiger partial charge is 1.00 e. The molecule has 135 valence electrons. The van der Waals surface area contributed by atoms with Crippen LogP contribution in [0.5, 0.6) is 17.5 Å². The molecule has 8 nitrogen and oxygen atoms in total. The van der Waals surface area contributed by atoms with Crippen LogP contribution in [0.15, 0.2) is 30.3 Å². The number of nitrogens with zero attached hydrogens (tertiary/aromatic N) is 2. The largest absolute Gasteiger partial charge is 2.00 e. The van der Waals surface area contributed by atoms with E-state index in [1.807, 2.05) is 0 Å². The van der Waals surface area contributed by atoms with Crippen LogP contribution in [0.25, 0.3) is 4.85 Å². The number of pyridine rings is 1. The molecule has 0 fully saturated rings. The van der Waals surface area contributed by atoms with Gasteiger partial charge in [-0.2, -0.15) is 4.98 Å². The van der Waals surface area contributed by atoms with Crippen molar-refractivity contribution in [3.05, 3.63) is 47.3 Å². The number of esters is 1. The van der Waals surface area contributed by atoms with Crippen molar-refractivity contribution in [3.63, 3.8) is 0 Å². The number of aromatic nitrogens is 1. The number of carbonyl (C=O) groups is 1. The fourth-order valence-electron chi connectivity index (χ4n) is 2.43. The van der Waals surface area contributed by atoms with Crippen molar-refractivity contribution < 1.29 is 30.1 Å². The maximum Gasteiger partial charge on any atom is 2.00 e. The summed E-state index contributed by atoms with van der Waals surface area (Å²) in [6.45, 7) is 9.06. The summed E-state index contributed by atoms with van der Waals surface area (Å²) in [6, 6.07) is 8.38. The summed E-state index contributed by atoms with van der Waals surface area (Å²) in [5.74, 6) is 0.506. The summed E-state index contributed by atoms with van der Waals surface area (Å²) in [6.07, 6.45) is 0. The molecule has 3 rings (SSSR count). The molecule has 10 heteroatoms. The van der Waals surface area contributed by atoms with Crippen molar-refractivity contribution >= 4 is 69.7 Å². The number of carbonyl (C=O) groups excluding carboxylic acids is 1. The second-order valence-electron chi connectivity index (χ2n) is 5.45. The normalized spacial score (nSPS) is 12.5. The van der Waals surface area contributed by atoms with Gasteiger partial charge in [0.1, 0.15) is 25.6 Å². The van der Waals surface area contributed by atoms with Crippen molar-refractivity contribution in [1.29, 1.82) is 0 Å². The van der Waals surface area contributed by atoms with Gasteiger partial charge in [-0.25, -0.2) is 4.85 Å². The molecule has 2 aromatic rings. The third-order valence-corrected chi connectivity index (χ3v) is 3.61. The average Bonchev–Trinajstić information content (AvgIpc) is 2.99. The molecule has 1 aromatic carbocycles. The van der Waals surface area contributed by atoms with Crippen LogP contribution in [0.1, 0.15) is 13.9 Å². The molecule has 0 bridgehead atoms. The average molecular weight is 444 g/mol. The van der Waals surface area contributed by atoms with Gasteiger partial charge in [0, 0.05) is 6.92 Å². The number of aliphatic hydroxyl groups is 1. The Balaban J connectivity index is 0.00000196. The van der Waals surface area contributed by atoms with Gasteiger partial charge in [0.15, 0.2) is 0 Å². The van der Waals surface area contributed by atoms with Crippen LogP contribution in [-0.4, -0.2) is 86.4 Å². The first kappa shape index (κ1) is 21.7. The Morgan fingerprint density at radius 3 is 2.96 bits per heavy atom. The fourth-order valence-corrected chi connectivity index (χ4v) is 2.43. The second-order valence-corrected chi connectivity index (χ2v) is 5.45. The standard InChI is InChI=1S/C17H16BN2O6.Sr.H/c1-11(21)23-7-8-24-17-15(19-2)5-6-16(20-17)26-13-3-4-14-12(9-13)10-25-18(14)22;;/h3-6,9,22,25H,7-8,10H2,1H3;;/q;+2;-1. The van der Waals surface area contributed by atoms with Gasteiger partial charge in [-0.15, -0.1) is 5.46 Å². The van der Waals surface area contributed by atoms with E-state index in [2.05, 4.69) is 14.5 Å². The Hall–Kier alpha value is -1.60. The monoisotopic (exact) mass is 444 g/mol. The van der Waals surface area contributed by atoms with Crippen LogP contribution in [0.3, 0.4) is 0 Å². The van der Waals surface area contributed by atoms with Gasteiger partial charge < -0.3 is 25.3 Å². The Morgan fingerprint density at radius 2 is 2.22 bits per heavy atom. The molecule has 27 heavy (non-hydrogen) atoms. The minimum absolute atomic E-state index is 0. The Labute approximate surface area is 195 Å². The summed E-state index contributed by atoms with van der Waals surface area (Å²) in [5.41, 5.74) is 1.89. The van der Waals surface area contributed by atoms with Gasteiger partial charge in [-0.1, -0.05) is 6.07 Å². The summed E-state index contributed by atoms with van der Waals surface area (Å²) in [7, 11) is -0.785. The van der Waals surface area contributed by atoms with Gasteiger partial charge >= 0.3 is 58.6 Å². The number of rotatable bonds is 6. The van der Waals surface area contributed by atoms with Crippen molar-refractivity contribution in [2.75, 3.05) is 13.2 Å². The number of hydrogen-bond donors (Lipinski definition) is 1. The molecule has 0 aliphatic carbocycles. The molecular weight excluding hydrogens is 427 g/mol. The SMILES string of the molecule is [C-]#[N+]c1ccc(Oc2ccc3c(c2)C[OH+][B-]3O)nc1OCCOC(C)=O.[H-].[Sr+2]. The molecule has 0 unspecified atom stereocenters. The predicted octanol–water partition coefficient (Wildman–Crippen LogP) is 0.827. The van der Waals surface area contributed by atoms with Crippen LogP contribution < -0.4 is 14.9 Å². The van der Waals surface area contributed by atoms with Gasteiger partial charge in [-0.05, 0) is 29.8 Å². The number of fused-ring (bicyclic) bond motifs is 1. The molecule has 0 spiro atoms.